The van der Waals surface area contributed by atoms with Crippen LogP contribution in [0.5, 0.6) is 0 Å². The largest absolute Gasteiger partial charge is 0.368 e. The third kappa shape index (κ3) is 2.71. The Labute approximate surface area is 102 Å². The Balaban J connectivity index is 3.17. The van der Waals surface area contributed by atoms with E-state index in [9.17, 15) is 0 Å². The van der Waals surface area contributed by atoms with E-state index in [2.05, 4.69) is 9.97 Å². The molecule has 0 aliphatic rings. The highest BCUT2D eigenvalue weighted by Gasteiger charge is 2.25. The van der Waals surface area contributed by atoms with Gasteiger partial charge in [0.1, 0.15) is 10.8 Å². The normalized spacial score (nSPS) is 11.9. The fourth-order valence-corrected chi connectivity index (χ4v) is 2.01. The Bertz CT molecular complexity index is 354. The van der Waals surface area contributed by atoms with Crippen molar-refractivity contribution >= 4 is 11.6 Å². The van der Waals surface area contributed by atoms with Crippen molar-refractivity contribution in [3.63, 3.8) is 0 Å². The van der Waals surface area contributed by atoms with Gasteiger partial charge in [0.15, 0.2) is 5.82 Å². The predicted molar refractivity (Wildman–Crippen MR) is 65.8 cm³/mol. The van der Waals surface area contributed by atoms with Crippen molar-refractivity contribution in [3.05, 3.63) is 22.2 Å². The van der Waals surface area contributed by atoms with Crippen molar-refractivity contribution in [1.82, 2.24) is 9.97 Å². The molecule has 4 heteroatoms. The highest BCUT2D eigenvalue weighted by atomic mass is 35.5. The van der Waals surface area contributed by atoms with Crippen LogP contribution in [0.15, 0.2) is 0 Å². The minimum Gasteiger partial charge on any atom is -0.368 e. The lowest BCUT2D eigenvalue weighted by Gasteiger charge is -2.24. The van der Waals surface area contributed by atoms with E-state index in [1.54, 1.807) is 0 Å². The fourth-order valence-electron chi connectivity index (χ4n) is 1.66. The van der Waals surface area contributed by atoms with Crippen molar-refractivity contribution < 1.29 is 4.74 Å². The van der Waals surface area contributed by atoms with Crippen LogP contribution in [0.2, 0.25) is 5.15 Å². The lowest BCUT2D eigenvalue weighted by atomic mass is 10.1. The maximum absolute atomic E-state index is 6.13. The van der Waals surface area contributed by atoms with Gasteiger partial charge in [-0.3, -0.25) is 0 Å². The molecule has 0 saturated carbocycles. The second-order valence-corrected chi connectivity index (χ2v) is 4.56. The zero-order valence-electron chi connectivity index (χ0n) is 10.6. The van der Waals surface area contributed by atoms with E-state index in [0.717, 1.165) is 17.7 Å². The van der Waals surface area contributed by atoms with Crippen LogP contribution in [-0.4, -0.2) is 16.6 Å². The van der Waals surface area contributed by atoms with Gasteiger partial charge in [0, 0.05) is 17.9 Å². The monoisotopic (exact) mass is 242 g/mol. The van der Waals surface area contributed by atoms with E-state index in [0.29, 0.717) is 17.6 Å². The lowest BCUT2D eigenvalue weighted by Crippen LogP contribution is -2.25. The molecule has 90 valence electrons. The molecule has 1 rings (SSSR count). The molecule has 0 bridgehead atoms. The maximum Gasteiger partial charge on any atom is 0.161 e. The molecule has 0 aliphatic carbocycles. The van der Waals surface area contributed by atoms with E-state index in [1.807, 2.05) is 34.6 Å². The summed E-state index contributed by atoms with van der Waals surface area (Å²) >= 11 is 6.13. The quantitative estimate of drug-likeness (QED) is 0.760. The molecular weight excluding hydrogens is 224 g/mol. The molecule has 0 unspecified atom stereocenters. The molecule has 0 saturated heterocycles. The highest BCUT2D eigenvalue weighted by molar-refractivity contribution is 6.30. The van der Waals surface area contributed by atoms with E-state index in [4.69, 9.17) is 16.3 Å². The van der Waals surface area contributed by atoms with Crippen LogP contribution >= 0.6 is 11.6 Å². The zero-order valence-corrected chi connectivity index (χ0v) is 11.4. The molecule has 0 N–H and O–H groups in total. The highest BCUT2D eigenvalue weighted by Crippen LogP contribution is 2.25. The van der Waals surface area contributed by atoms with Crippen LogP contribution < -0.4 is 0 Å². The van der Waals surface area contributed by atoms with Gasteiger partial charge in [0.2, 0.25) is 0 Å². The molecule has 0 fully saturated rings. The van der Waals surface area contributed by atoms with Crippen LogP contribution in [-0.2, 0) is 16.8 Å². The number of hydrogen-bond acceptors (Lipinski definition) is 3. The summed E-state index contributed by atoms with van der Waals surface area (Å²) in [7, 11) is 0. The van der Waals surface area contributed by atoms with E-state index >= 15 is 0 Å². The van der Waals surface area contributed by atoms with Crippen LogP contribution in [0, 0.1) is 6.92 Å². The molecule has 0 aliphatic heterocycles. The van der Waals surface area contributed by atoms with Gasteiger partial charge in [-0.15, -0.1) is 0 Å². The molecule has 3 nitrogen and oxygen atoms in total. The average molecular weight is 243 g/mol. The number of hydrogen-bond donors (Lipinski definition) is 0. The zero-order chi connectivity index (χ0) is 12.3. The summed E-state index contributed by atoms with van der Waals surface area (Å²) in [5, 5.41) is 0.540. The molecular formula is C12H19ClN2O. The molecule has 1 aromatic heterocycles. The smallest absolute Gasteiger partial charge is 0.161 e. The molecule has 0 radical (unpaired) electrons. The molecule has 0 aromatic carbocycles. The first-order valence-corrected chi connectivity index (χ1v) is 5.97. The summed E-state index contributed by atoms with van der Waals surface area (Å²) in [5.74, 6) is 0.647. The standard InChI is InChI=1S/C12H19ClN2O/c1-6-9-8(3)14-11(15-10(9)13)12(4,5)16-7-2/h6-7H2,1-5H3. The topological polar surface area (TPSA) is 35.0 Å². The van der Waals surface area contributed by atoms with Gasteiger partial charge in [-0.1, -0.05) is 18.5 Å². The summed E-state index contributed by atoms with van der Waals surface area (Å²) in [6.45, 7) is 10.5. The van der Waals surface area contributed by atoms with Crippen molar-refractivity contribution in [1.29, 1.82) is 0 Å². The molecule has 1 heterocycles. The van der Waals surface area contributed by atoms with Gasteiger partial charge in [0.05, 0.1) is 0 Å². The minimum absolute atomic E-state index is 0.491. The van der Waals surface area contributed by atoms with Crippen molar-refractivity contribution in [2.24, 2.45) is 0 Å². The van der Waals surface area contributed by atoms with E-state index in [1.165, 1.54) is 0 Å². The minimum atomic E-state index is -0.491. The summed E-state index contributed by atoms with van der Waals surface area (Å²) < 4.78 is 5.62. The van der Waals surface area contributed by atoms with Gasteiger partial charge < -0.3 is 4.74 Å². The summed E-state index contributed by atoms with van der Waals surface area (Å²) in [6, 6.07) is 0. The molecule has 0 amide bonds. The number of aryl methyl sites for hydroxylation is 1. The summed E-state index contributed by atoms with van der Waals surface area (Å²) in [4.78, 5) is 8.80. The molecule has 1 aromatic rings. The van der Waals surface area contributed by atoms with Gasteiger partial charge in [0.25, 0.3) is 0 Å². The first kappa shape index (κ1) is 13.4. The second kappa shape index (κ2) is 5.11. The Morgan fingerprint density at radius 2 is 1.88 bits per heavy atom. The Morgan fingerprint density at radius 1 is 1.25 bits per heavy atom. The lowest BCUT2D eigenvalue weighted by molar-refractivity contribution is -0.0209. The Morgan fingerprint density at radius 3 is 2.31 bits per heavy atom. The van der Waals surface area contributed by atoms with Gasteiger partial charge >= 0.3 is 0 Å². The Hall–Kier alpha value is -0.670. The predicted octanol–water partition coefficient (Wildman–Crippen LogP) is 3.27. The molecule has 0 atom stereocenters. The van der Waals surface area contributed by atoms with Crippen molar-refractivity contribution in [2.75, 3.05) is 6.61 Å². The SMILES string of the molecule is CCOC(C)(C)c1nc(C)c(CC)c(Cl)n1. The number of rotatable bonds is 4. The number of nitrogens with zero attached hydrogens (tertiary/aromatic N) is 2. The van der Waals surface area contributed by atoms with Gasteiger partial charge in [-0.05, 0) is 34.1 Å². The second-order valence-electron chi connectivity index (χ2n) is 4.20. The summed E-state index contributed by atoms with van der Waals surface area (Å²) in [6.07, 6.45) is 0.847. The third-order valence-corrected chi connectivity index (χ3v) is 2.87. The van der Waals surface area contributed by atoms with Gasteiger partial charge in [-0.2, -0.15) is 0 Å². The third-order valence-electron chi connectivity index (χ3n) is 2.56. The van der Waals surface area contributed by atoms with E-state index in [-0.39, 0.29) is 0 Å². The average Bonchev–Trinajstić information content (AvgIpc) is 2.17. The molecule has 16 heavy (non-hydrogen) atoms. The van der Waals surface area contributed by atoms with Crippen molar-refractivity contribution in [3.8, 4) is 0 Å². The maximum atomic E-state index is 6.13. The van der Waals surface area contributed by atoms with Gasteiger partial charge in [-0.25, -0.2) is 9.97 Å². The number of ether oxygens (including phenoxy) is 1. The Kier molecular flexibility index (Phi) is 4.28. The van der Waals surface area contributed by atoms with E-state index < -0.39 is 5.60 Å². The summed E-state index contributed by atoms with van der Waals surface area (Å²) in [5.41, 5.74) is 1.46. The van der Waals surface area contributed by atoms with Crippen LogP contribution in [0.1, 0.15) is 44.8 Å². The fraction of sp³-hybridized carbons (Fsp3) is 0.667. The first-order valence-electron chi connectivity index (χ1n) is 5.59. The first-order chi connectivity index (χ1) is 7.42. The van der Waals surface area contributed by atoms with Crippen molar-refractivity contribution in [2.45, 2.75) is 46.6 Å². The number of aromatic nitrogens is 2. The van der Waals surface area contributed by atoms with Crippen LogP contribution in [0.4, 0.5) is 0 Å². The number of halogens is 1. The van der Waals surface area contributed by atoms with Crippen LogP contribution in [0.3, 0.4) is 0 Å². The molecule has 0 spiro atoms. The van der Waals surface area contributed by atoms with Crippen LogP contribution in [0.25, 0.3) is 0 Å².